The number of allylic oxidation sites excluding steroid dienone is 1. The highest BCUT2D eigenvalue weighted by Crippen LogP contribution is 2.31. The summed E-state index contributed by atoms with van der Waals surface area (Å²) in [5.41, 5.74) is 1.62. The molecule has 2 aliphatic rings. The van der Waals surface area contributed by atoms with E-state index in [4.69, 9.17) is 4.74 Å². The van der Waals surface area contributed by atoms with Gasteiger partial charge in [0.05, 0.1) is 18.2 Å². The van der Waals surface area contributed by atoms with E-state index in [-0.39, 0.29) is 11.8 Å². The summed E-state index contributed by atoms with van der Waals surface area (Å²) in [4.78, 5) is 24.9. The number of ether oxygens (including phenoxy) is 1. The number of phenolic OH excluding ortho intramolecular Hbond substituents is 1. The highest BCUT2D eigenvalue weighted by molar-refractivity contribution is 5.95. The summed E-state index contributed by atoms with van der Waals surface area (Å²) >= 11 is 0. The number of hydrogen-bond acceptors (Lipinski definition) is 4. The highest BCUT2D eigenvalue weighted by atomic mass is 16.5. The zero-order valence-electron chi connectivity index (χ0n) is 15.1. The first-order chi connectivity index (χ1) is 12.6. The second-order valence-electron chi connectivity index (χ2n) is 6.97. The van der Waals surface area contributed by atoms with E-state index < -0.39 is 12.0 Å². The van der Waals surface area contributed by atoms with Gasteiger partial charge in [0.25, 0.3) is 0 Å². The number of phenols is 1. The molecular weight excluding hydrogens is 332 g/mol. The van der Waals surface area contributed by atoms with Crippen LogP contribution in [0.5, 0.6) is 5.75 Å². The lowest BCUT2D eigenvalue weighted by molar-refractivity contribution is -0.141. The highest BCUT2D eigenvalue weighted by Gasteiger charge is 2.33. The molecule has 6 nitrogen and oxygen atoms in total. The van der Waals surface area contributed by atoms with Crippen molar-refractivity contribution >= 4 is 12.0 Å². The van der Waals surface area contributed by atoms with E-state index in [1.165, 1.54) is 19.3 Å². The number of amides is 2. The van der Waals surface area contributed by atoms with Crippen LogP contribution in [0.2, 0.25) is 0 Å². The van der Waals surface area contributed by atoms with Crippen LogP contribution in [0.25, 0.3) is 0 Å². The quantitative estimate of drug-likeness (QED) is 0.703. The van der Waals surface area contributed by atoms with Crippen LogP contribution in [0.3, 0.4) is 0 Å². The second-order valence-corrected chi connectivity index (χ2v) is 6.97. The second kappa shape index (κ2) is 8.25. The first-order valence-corrected chi connectivity index (χ1v) is 9.35. The van der Waals surface area contributed by atoms with E-state index in [1.54, 1.807) is 24.3 Å². The number of benzene rings is 1. The maximum atomic E-state index is 12.9. The average molecular weight is 358 g/mol. The molecule has 1 aliphatic carbocycles. The number of hydrogen-bond donors (Lipinski definition) is 3. The number of carbonyl (C=O) groups is 2. The number of aromatic hydroxyl groups is 1. The van der Waals surface area contributed by atoms with Gasteiger partial charge < -0.3 is 20.5 Å². The molecule has 1 aliphatic heterocycles. The molecule has 1 saturated carbocycles. The van der Waals surface area contributed by atoms with Crippen LogP contribution in [0.15, 0.2) is 35.5 Å². The van der Waals surface area contributed by atoms with Crippen LogP contribution in [-0.4, -0.2) is 23.7 Å². The lowest BCUT2D eigenvalue weighted by Gasteiger charge is -2.30. The molecule has 6 heteroatoms. The maximum absolute atomic E-state index is 12.9. The Morgan fingerprint density at radius 1 is 1.27 bits per heavy atom. The van der Waals surface area contributed by atoms with Crippen LogP contribution in [0, 0.1) is 5.92 Å². The standard InChI is InChI=1S/C20H26N2O4/c1-2-16-17(19(24)26-12-13-7-4-3-5-8-13)18(22-20(25)21-16)14-9-6-10-15(23)11-14/h6,9-11,13,18,23H,2-5,7-8,12H2,1H3,(H2,21,22,25)/t18-/m0/s1. The topological polar surface area (TPSA) is 87.7 Å². The fourth-order valence-corrected chi connectivity index (χ4v) is 3.72. The molecular formula is C20H26N2O4. The van der Waals surface area contributed by atoms with Crippen molar-refractivity contribution in [3.63, 3.8) is 0 Å². The normalized spacial score (nSPS) is 21.1. The van der Waals surface area contributed by atoms with Crippen molar-refractivity contribution in [2.45, 2.75) is 51.5 Å². The van der Waals surface area contributed by atoms with Gasteiger partial charge in [-0.1, -0.05) is 38.3 Å². The molecule has 1 atom stereocenters. The third-order valence-electron chi connectivity index (χ3n) is 5.11. The zero-order valence-corrected chi connectivity index (χ0v) is 15.1. The summed E-state index contributed by atoms with van der Waals surface area (Å²) in [6.07, 6.45) is 6.33. The molecule has 26 heavy (non-hydrogen) atoms. The van der Waals surface area contributed by atoms with Gasteiger partial charge in [-0.2, -0.15) is 0 Å². The number of urea groups is 1. The third kappa shape index (κ3) is 4.18. The molecule has 1 heterocycles. The summed E-state index contributed by atoms with van der Waals surface area (Å²) in [6.45, 7) is 2.30. The first kappa shape index (κ1) is 18.3. The van der Waals surface area contributed by atoms with Crippen molar-refractivity contribution in [3.05, 3.63) is 41.1 Å². The van der Waals surface area contributed by atoms with Crippen molar-refractivity contribution in [2.75, 3.05) is 6.61 Å². The number of esters is 1. The van der Waals surface area contributed by atoms with Crippen LogP contribution in [0.1, 0.15) is 57.1 Å². The molecule has 0 radical (unpaired) electrons. The largest absolute Gasteiger partial charge is 0.508 e. The Bertz CT molecular complexity index is 708. The average Bonchev–Trinajstić information content (AvgIpc) is 2.66. The predicted molar refractivity (Wildman–Crippen MR) is 97.4 cm³/mol. The van der Waals surface area contributed by atoms with Crippen molar-refractivity contribution < 1.29 is 19.4 Å². The fourth-order valence-electron chi connectivity index (χ4n) is 3.72. The van der Waals surface area contributed by atoms with Gasteiger partial charge in [0.2, 0.25) is 0 Å². The summed E-state index contributed by atoms with van der Waals surface area (Å²) in [5.74, 6) is 0.0975. The summed E-state index contributed by atoms with van der Waals surface area (Å²) < 4.78 is 5.62. The molecule has 0 saturated heterocycles. The van der Waals surface area contributed by atoms with Crippen LogP contribution in [-0.2, 0) is 9.53 Å². The molecule has 1 fully saturated rings. The lowest BCUT2D eigenvalue weighted by atomic mass is 9.90. The van der Waals surface area contributed by atoms with E-state index in [2.05, 4.69) is 10.6 Å². The molecule has 3 N–H and O–H groups in total. The molecule has 0 unspecified atom stereocenters. The van der Waals surface area contributed by atoms with Gasteiger partial charge in [0.1, 0.15) is 5.75 Å². The number of nitrogens with one attached hydrogen (secondary N) is 2. The Morgan fingerprint density at radius 3 is 2.73 bits per heavy atom. The predicted octanol–water partition coefficient (Wildman–Crippen LogP) is 3.53. The van der Waals surface area contributed by atoms with Gasteiger partial charge in [0.15, 0.2) is 0 Å². The van der Waals surface area contributed by atoms with E-state index in [0.29, 0.717) is 35.8 Å². The zero-order chi connectivity index (χ0) is 18.5. The molecule has 3 rings (SSSR count). The first-order valence-electron chi connectivity index (χ1n) is 9.35. The lowest BCUT2D eigenvalue weighted by Crippen LogP contribution is -2.46. The Morgan fingerprint density at radius 2 is 2.04 bits per heavy atom. The summed E-state index contributed by atoms with van der Waals surface area (Å²) in [5, 5.41) is 15.3. The van der Waals surface area contributed by atoms with Crippen LogP contribution in [0.4, 0.5) is 4.79 Å². The van der Waals surface area contributed by atoms with Gasteiger partial charge in [-0.25, -0.2) is 9.59 Å². The van der Waals surface area contributed by atoms with Gasteiger partial charge in [-0.15, -0.1) is 0 Å². The monoisotopic (exact) mass is 358 g/mol. The van der Waals surface area contributed by atoms with E-state index in [9.17, 15) is 14.7 Å². The summed E-state index contributed by atoms with van der Waals surface area (Å²) in [7, 11) is 0. The van der Waals surface area contributed by atoms with Gasteiger partial charge in [-0.05, 0) is 42.9 Å². The van der Waals surface area contributed by atoms with Gasteiger partial charge >= 0.3 is 12.0 Å². The molecule has 0 spiro atoms. The minimum Gasteiger partial charge on any atom is -0.508 e. The molecule has 0 bridgehead atoms. The van der Waals surface area contributed by atoms with Gasteiger partial charge in [-0.3, -0.25) is 0 Å². The minimum atomic E-state index is -0.635. The Labute approximate surface area is 153 Å². The Balaban J connectivity index is 1.82. The van der Waals surface area contributed by atoms with Gasteiger partial charge in [0, 0.05) is 5.70 Å². The molecule has 0 aromatic heterocycles. The van der Waals surface area contributed by atoms with Crippen molar-refractivity contribution in [2.24, 2.45) is 5.92 Å². The maximum Gasteiger partial charge on any atom is 0.338 e. The van der Waals surface area contributed by atoms with E-state index >= 15 is 0 Å². The van der Waals surface area contributed by atoms with Crippen LogP contribution >= 0.6 is 0 Å². The number of carbonyl (C=O) groups excluding carboxylic acids is 2. The van der Waals surface area contributed by atoms with E-state index in [0.717, 1.165) is 12.8 Å². The Hall–Kier alpha value is -2.50. The van der Waals surface area contributed by atoms with Crippen LogP contribution < -0.4 is 10.6 Å². The van der Waals surface area contributed by atoms with Crippen molar-refractivity contribution in [3.8, 4) is 5.75 Å². The Kier molecular flexibility index (Phi) is 5.81. The third-order valence-corrected chi connectivity index (χ3v) is 5.11. The van der Waals surface area contributed by atoms with Crippen molar-refractivity contribution in [1.82, 2.24) is 10.6 Å². The molecule has 2 amide bonds. The van der Waals surface area contributed by atoms with E-state index in [1.807, 2.05) is 6.92 Å². The SMILES string of the molecule is CCC1=C(C(=O)OCC2CCCCC2)[C@H](c2cccc(O)c2)NC(=O)N1. The molecule has 1 aromatic carbocycles. The molecule has 1 aromatic rings. The fraction of sp³-hybridized carbons (Fsp3) is 0.500. The minimum absolute atomic E-state index is 0.0863. The smallest absolute Gasteiger partial charge is 0.338 e. The summed E-state index contributed by atoms with van der Waals surface area (Å²) in [6, 6.07) is 5.58. The molecule has 140 valence electrons. The van der Waals surface area contributed by atoms with Crippen molar-refractivity contribution in [1.29, 1.82) is 0 Å². The number of rotatable bonds is 5.